The Balaban J connectivity index is 1.59. The lowest BCUT2D eigenvalue weighted by atomic mass is 10.1. The van der Waals surface area contributed by atoms with Gasteiger partial charge in [0.25, 0.3) is 0 Å². The number of anilines is 1. The van der Waals surface area contributed by atoms with Crippen molar-refractivity contribution in [1.82, 2.24) is 13.9 Å². The van der Waals surface area contributed by atoms with E-state index in [4.69, 9.17) is 4.98 Å². The number of aryl methyl sites for hydroxylation is 2. The summed E-state index contributed by atoms with van der Waals surface area (Å²) in [6, 6.07) is 24.6. The molecule has 35 heavy (non-hydrogen) atoms. The summed E-state index contributed by atoms with van der Waals surface area (Å²) in [5, 5.41) is 0. The molecule has 1 heterocycles. The van der Waals surface area contributed by atoms with E-state index in [9.17, 15) is 13.2 Å². The van der Waals surface area contributed by atoms with E-state index < -0.39 is 10.0 Å². The van der Waals surface area contributed by atoms with Crippen molar-refractivity contribution in [1.29, 1.82) is 0 Å². The molecule has 0 unspecified atom stereocenters. The van der Waals surface area contributed by atoms with Crippen molar-refractivity contribution in [2.24, 2.45) is 0 Å². The second-order valence-electron chi connectivity index (χ2n) is 8.51. The van der Waals surface area contributed by atoms with Crippen molar-refractivity contribution in [2.45, 2.75) is 37.8 Å². The lowest BCUT2D eigenvalue weighted by Gasteiger charge is -2.23. The highest BCUT2D eigenvalue weighted by atomic mass is 32.2. The standard InChI is InChI=1S/C27H30N4O3S/c1-4-30-25-16-15-23(35(33,34)29(2)3)19-24(25)28-26(30)17-18-27(32)31(22-13-9-6-10-14-22)20-21-11-7-5-8-12-21/h5-16,19H,4,17-18,20H2,1-3H3. The molecule has 1 aromatic heterocycles. The molecule has 7 nitrogen and oxygen atoms in total. The summed E-state index contributed by atoms with van der Waals surface area (Å²) in [6.45, 7) is 3.18. The van der Waals surface area contributed by atoms with E-state index >= 15 is 0 Å². The van der Waals surface area contributed by atoms with Gasteiger partial charge in [-0.15, -0.1) is 0 Å². The third-order valence-corrected chi connectivity index (χ3v) is 7.82. The number of nitrogens with zero attached hydrogens (tertiary/aromatic N) is 4. The van der Waals surface area contributed by atoms with Crippen LogP contribution in [-0.4, -0.2) is 42.3 Å². The van der Waals surface area contributed by atoms with Gasteiger partial charge in [0.1, 0.15) is 5.82 Å². The molecule has 4 rings (SSSR count). The number of para-hydroxylation sites is 1. The van der Waals surface area contributed by atoms with Crippen LogP contribution in [0.1, 0.15) is 24.7 Å². The third kappa shape index (κ3) is 5.28. The number of hydrogen-bond acceptors (Lipinski definition) is 4. The highest BCUT2D eigenvalue weighted by molar-refractivity contribution is 7.89. The normalized spacial score (nSPS) is 11.8. The minimum Gasteiger partial charge on any atom is -0.328 e. The molecule has 0 aliphatic heterocycles. The molecule has 1 amide bonds. The Kier molecular flexibility index (Phi) is 7.33. The summed E-state index contributed by atoms with van der Waals surface area (Å²) in [4.78, 5) is 20.1. The van der Waals surface area contributed by atoms with E-state index in [1.165, 1.54) is 18.4 Å². The second-order valence-corrected chi connectivity index (χ2v) is 10.7. The van der Waals surface area contributed by atoms with E-state index in [2.05, 4.69) is 0 Å². The van der Waals surface area contributed by atoms with Crippen molar-refractivity contribution >= 4 is 32.7 Å². The minimum atomic E-state index is -3.55. The molecule has 0 aliphatic rings. The van der Waals surface area contributed by atoms with Gasteiger partial charge in [0.15, 0.2) is 0 Å². The number of sulfonamides is 1. The van der Waals surface area contributed by atoms with Gasteiger partial charge in [-0.2, -0.15) is 0 Å². The molecule has 0 fully saturated rings. The van der Waals surface area contributed by atoms with E-state index in [1.807, 2.05) is 72.2 Å². The summed E-state index contributed by atoms with van der Waals surface area (Å²) >= 11 is 0. The molecule has 0 saturated carbocycles. The Morgan fingerprint density at radius 2 is 1.60 bits per heavy atom. The number of fused-ring (bicyclic) bond motifs is 1. The Hall–Kier alpha value is -3.49. The maximum absolute atomic E-state index is 13.4. The van der Waals surface area contributed by atoms with Crippen LogP contribution in [-0.2, 0) is 34.3 Å². The monoisotopic (exact) mass is 490 g/mol. The van der Waals surface area contributed by atoms with Crippen LogP contribution in [0.2, 0.25) is 0 Å². The number of benzene rings is 3. The fraction of sp³-hybridized carbons (Fsp3) is 0.259. The average Bonchev–Trinajstić information content (AvgIpc) is 3.23. The molecule has 0 saturated heterocycles. The van der Waals surface area contributed by atoms with Crippen molar-refractivity contribution < 1.29 is 13.2 Å². The van der Waals surface area contributed by atoms with Gasteiger partial charge in [0.2, 0.25) is 15.9 Å². The van der Waals surface area contributed by atoms with Crippen molar-refractivity contribution in [3.63, 3.8) is 0 Å². The highest BCUT2D eigenvalue weighted by Gasteiger charge is 2.21. The van der Waals surface area contributed by atoms with Gasteiger partial charge < -0.3 is 9.47 Å². The number of aromatic nitrogens is 2. The zero-order valence-corrected chi connectivity index (χ0v) is 21.1. The topological polar surface area (TPSA) is 75.5 Å². The maximum atomic E-state index is 13.4. The summed E-state index contributed by atoms with van der Waals surface area (Å²) in [5.74, 6) is 0.772. The van der Waals surface area contributed by atoms with Crippen LogP contribution in [0.4, 0.5) is 5.69 Å². The average molecular weight is 491 g/mol. The van der Waals surface area contributed by atoms with E-state index in [-0.39, 0.29) is 17.2 Å². The molecule has 0 bridgehead atoms. The molecule has 8 heteroatoms. The van der Waals surface area contributed by atoms with Crippen LogP contribution < -0.4 is 4.90 Å². The zero-order valence-electron chi connectivity index (χ0n) is 20.3. The molecule has 0 N–H and O–H groups in total. The molecule has 182 valence electrons. The van der Waals surface area contributed by atoms with Crippen LogP contribution in [0.5, 0.6) is 0 Å². The fourth-order valence-electron chi connectivity index (χ4n) is 4.13. The van der Waals surface area contributed by atoms with E-state index in [0.29, 0.717) is 25.0 Å². The number of imidazole rings is 1. The SMILES string of the molecule is CCn1c(CCC(=O)N(Cc2ccccc2)c2ccccc2)nc2cc(S(=O)(=O)N(C)C)ccc21. The Bertz CT molecular complexity index is 1420. The van der Waals surface area contributed by atoms with Gasteiger partial charge >= 0.3 is 0 Å². The summed E-state index contributed by atoms with van der Waals surface area (Å²) in [7, 11) is -0.535. The summed E-state index contributed by atoms with van der Waals surface area (Å²) in [5.41, 5.74) is 3.38. The first-order valence-electron chi connectivity index (χ1n) is 11.6. The first kappa shape index (κ1) is 24.6. The Labute approximate surface area is 206 Å². The second kappa shape index (κ2) is 10.4. The molecule has 0 spiro atoms. The number of carbonyl (C=O) groups excluding carboxylic acids is 1. The largest absolute Gasteiger partial charge is 0.328 e. The van der Waals surface area contributed by atoms with Crippen molar-refractivity contribution in [2.75, 3.05) is 19.0 Å². The quantitative estimate of drug-likeness (QED) is 0.347. The minimum absolute atomic E-state index is 0.00522. The third-order valence-electron chi connectivity index (χ3n) is 6.01. The molecule has 4 aromatic rings. The van der Waals surface area contributed by atoms with Crippen LogP contribution in [0, 0.1) is 0 Å². The maximum Gasteiger partial charge on any atom is 0.242 e. The lowest BCUT2D eigenvalue weighted by Crippen LogP contribution is -2.30. The number of hydrogen-bond donors (Lipinski definition) is 0. The molecular weight excluding hydrogens is 460 g/mol. The molecule has 0 aliphatic carbocycles. The van der Waals surface area contributed by atoms with Gasteiger partial charge in [0.05, 0.1) is 22.5 Å². The van der Waals surface area contributed by atoms with Gasteiger partial charge in [-0.3, -0.25) is 4.79 Å². The molecule has 3 aromatic carbocycles. The summed E-state index contributed by atoms with van der Waals surface area (Å²) in [6.07, 6.45) is 0.739. The van der Waals surface area contributed by atoms with Gasteiger partial charge in [-0.1, -0.05) is 48.5 Å². The highest BCUT2D eigenvalue weighted by Crippen LogP contribution is 2.24. The number of carbonyl (C=O) groups is 1. The van der Waals surface area contributed by atoms with Crippen LogP contribution in [0.25, 0.3) is 11.0 Å². The van der Waals surface area contributed by atoms with E-state index in [1.54, 1.807) is 23.1 Å². The van der Waals surface area contributed by atoms with Gasteiger partial charge in [-0.25, -0.2) is 17.7 Å². The summed E-state index contributed by atoms with van der Waals surface area (Å²) < 4.78 is 28.3. The van der Waals surface area contributed by atoms with Gasteiger partial charge in [0, 0.05) is 39.2 Å². The fourth-order valence-corrected chi connectivity index (χ4v) is 5.05. The Morgan fingerprint density at radius 1 is 0.943 bits per heavy atom. The first-order chi connectivity index (χ1) is 16.8. The van der Waals surface area contributed by atoms with Gasteiger partial charge in [-0.05, 0) is 42.8 Å². The predicted octanol–water partition coefficient (Wildman–Crippen LogP) is 4.47. The van der Waals surface area contributed by atoms with E-state index in [0.717, 1.165) is 22.6 Å². The first-order valence-corrected chi connectivity index (χ1v) is 13.1. The van der Waals surface area contributed by atoms with Crippen LogP contribution in [0.3, 0.4) is 0 Å². The number of rotatable bonds is 9. The molecule has 0 radical (unpaired) electrons. The Morgan fingerprint density at radius 3 is 2.23 bits per heavy atom. The molecular formula is C27H30N4O3S. The number of amides is 1. The van der Waals surface area contributed by atoms with Crippen molar-refractivity contribution in [3.05, 3.63) is 90.3 Å². The predicted molar refractivity (Wildman–Crippen MR) is 139 cm³/mol. The lowest BCUT2D eigenvalue weighted by molar-refractivity contribution is -0.118. The smallest absolute Gasteiger partial charge is 0.242 e. The van der Waals surface area contributed by atoms with Crippen LogP contribution in [0.15, 0.2) is 83.8 Å². The van der Waals surface area contributed by atoms with Crippen molar-refractivity contribution in [3.8, 4) is 0 Å². The zero-order chi connectivity index (χ0) is 25.0. The van der Waals surface area contributed by atoms with Crippen LogP contribution >= 0.6 is 0 Å². The molecule has 0 atom stereocenters.